The molecule has 281 valence electrons. The molecule has 10 atom stereocenters. The van der Waals surface area contributed by atoms with E-state index in [9.17, 15) is 25.3 Å². The number of fused-ring (bicyclic) bond motifs is 4. The maximum absolute atomic E-state index is 13.6. The number of aliphatic hydroxyl groups is 2. The van der Waals surface area contributed by atoms with E-state index in [-0.39, 0.29) is 37.3 Å². The third-order valence-corrected chi connectivity index (χ3v) is 11.1. The fraction of sp³-hybridized carbons (Fsp3) is 0.595. The van der Waals surface area contributed by atoms with Crippen LogP contribution in [0.2, 0.25) is 0 Å². The lowest BCUT2D eigenvalue weighted by Crippen LogP contribution is -2.64. The smallest absolute Gasteiger partial charge is 0.310 e. The molecule has 2 aromatic carbocycles. The van der Waals surface area contributed by atoms with Crippen LogP contribution in [0.3, 0.4) is 0 Å². The largest absolute Gasteiger partial charge is 0.502 e. The minimum Gasteiger partial charge on any atom is -0.502 e. The predicted molar refractivity (Wildman–Crippen MR) is 176 cm³/mol. The lowest BCUT2D eigenvalue weighted by molar-refractivity contribution is -0.363. The molecule has 3 saturated heterocycles. The summed E-state index contributed by atoms with van der Waals surface area (Å²) in [6.07, 6.45) is -5.53. The van der Waals surface area contributed by atoms with E-state index >= 15 is 0 Å². The van der Waals surface area contributed by atoms with E-state index in [0.29, 0.717) is 34.6 Å². The second-order valence-corrected chi connectivity index (χ2v) is 15.4. The van der Waals surface area contributed by atoms with Crippen LogP contribution in [-0.4, -0.2) is 109 Å². The number of benzene rings is 2. The van der Waals surface area contributed by atoms with E-state index in [1.54, 1.807) is 24.3 Å². The molecule has 0 amide bonds. The average Bonchev–Trinajstić information content (AvgIpc) is 3.74. The zero-order valence-corrected chi connectivity index (χ0v) is 29.8. The molecular weight excluding hydrogens is 682 g/mol. The van der Waals surface area contributed by atoms with Gasteiger partial charge in [0.2, 0.25) is 12.5 Å². The third-order valence-electron chi connectivity index (χ3n) is 11.1. The van der Waals surface area contributed by atoms with Crippen LogP contribution in [0.4, 0.5) is 0 Å². The fourth-order valence-corrected chi connectivity index (χ4v) is 8.87. The minimum absolute atomic E-state index is 0.00587. The van der Waals surface area contributed by atoms with Crippen molar-refractivity contribution in [2.75, 3.05) is 34.2 Å². The van der Waals surface area contributed by atoms with Crippen molar-refractivity contribution in [2.24, 2.45) is 11.8 Å². The Morgan fingerprint density at radius 3 is 2.21 bits per heavy atom. The highest BCUT2D eigenvalue weighted by atomic mass is 16.8. The number of carbonyl (C=O) groups excluding carboxylic acids is 1. The lowest BCUT2D eigenvalue weighted by Gasteiger charge is -2.50. The minimum atomic E-state index is -1.54. The normalized spacial score (nSPS) is 35.9. The van der Waals surface area contributed by atoms with Gasteiger partial charge in [-0.05, 0) is 80.6 Å². The summed E-state index contributed by atoms with van der Waals surface area (Å²) in [5.74, 6) is -1.27. The van der Waals surface area contributed by atoms with Gasteiger partial charge in [-0.2, -0.15) is 0 Å². The molecule has 3 N–H and O–H groups in total. The molecule has 6 aliphatic rings. The van der Waals surface area contributed by atoms with Crippen LogP contribution >= 0.6 is 0 Å². The number of esters is 1. The highest BCUT2D eigenvalue weighted by Crippen LogP contribution is 2.57. The number of rotatable bonds is 6. The summed E-state index contributed by atoms with van der Waals surface area (Å²) in [5.41, 5.74) is 1.19. The van der Waals surface area contributed by atoms with Crippen LogP contribution in [0.1, 0.15) is 62.8 Å². The summed E-state index contributed by atoms with van der Waals surface area (Å²) < 4.78 is 53.3. The maximum atomic E-state index is 13.6. The van der Waals surface area contributed by atoms with Crippen LogP contribution in [0.25, 0.3) is 0 Å². The van der Waals surface area contributed by atoms with Gasteiger partial charge in [0.15, 0.2) is 35.6 Å². The summed E-state index contributed by atoms with van der Waals surface area (Å²) in [7, 11) is 2.85. The first-order valence-corrected chi connectivity index (χ1v) is 17.4. The molecule has 0 bridgehead atoms. The van der Waals surface area contributed by atoms with Crippen LogP contribution in [0, 0.1) is 11.8 Å². The summed E-state index contributed by atoms with van der Waals surface area (Å²) >= 11 is 0. The second kappa shape index (κ2) is 12.7. The molecule has 0 aromatic heterocycles. The standard InChI is InChI=1S/C37H44NO14/c1-36(2)11-17(12-37(3,4)38(36)43)34-47-14-25-32(52-34)29(40)30(41)35(50-25)51-31-19-10-22-21(48-15-49-22)9-18(19)26(27-20(31)13-46-33(27)42)16-7-23(44-5)28(39)24(8-16)45-6/h7-11,20,25-27,29-32,34-35,39-41H,12-15H2,1-6H3/t20-,25+,26+,27-,29+,30+,31+,32+,34+,35-/m0/s1. The maximum Gasteiger partial charge on any atom is 0.310 e. The molecule has 1 radical (unpaired) electrons. The topological polar surface area (TPSA) is 184 Å². The molecule has 2 aromatic rings. The molecule has 5 heterocycles. The molecule has 5 aliphatic heterocycles. The number of hydrogen-bond donors (Lipinski definition) is 3. The molecule has 0 saturated carbocycles. The quantitative estimate of drug-likeness (QED) is 0.292. The van der Waals surface area contributed by atoms with Gasteiger partial charge < -0.3 is 58.0 Å². The zero-order valence-electron chi connectivity index (χ0n) is 29.8. The number of nitrogens with zero attached hydrogens (tertiary/aromatic N) is 1. The highest BCUT2D eigenvalue weighted by Gasteiger charge is 2.57. The third kappa shape index (κ3) is 5.60. The van der Waals surface area contributed by atoms with Crippen LogP contribution in [-0.2, 0) is 33.7 Å². The highest BCUT2D eigenvalue weighted by molar-refractivity contribution is 5.79. The van der Waals surface area contributed by atoms with E-state index in [0.717, 1.165) is 10.6 Å². The van der Waals surface area contributed by atoms with E-state index in [1.807, 2.05) is 33.8 Å². The Bertz CT molecular complexity index is 1750. The van der Waals surface area contributed by atoms with Gasteiger partial charge in [0, 0.05) is 17.4 Å². The van der Waals surface area contributed by atoms with Crippen molar-refractivity contribution in [3.05, 3.63) is 52.6 Å². The number of ether oxygens (including phenoxy) is 9. The Morgan fingerprint density at radius 2 is 1.56 bits per heavy atom. The van der Waals surface area contributed by atoms with Crippen molar-refractivity contribution in [3.8, 4) is 28.7 Å². The summed E-state index contributed by atoms with van der Waals surface area (Å²) in [5, 5.41) is 47.6. The Hall–Kier alpha value is -3.67. The number of aromatic hydroxyl groups is 1. The van der Waals surface area contributed by atoms with E-state index in [4.69, 9.17) is 42.6 Å². The van der Waals surface area contributed by atoms with Crippen molar-refractivity contribution in [1.82, 2.24) is 5.06 Å². The van der Waals surface area contributed by atoms with Crippen molar-refractivity contribution in [1.29, 1.82) is 0 Å². The van der Waals surface area contributed by atoms with Gasteiger partial charge in [0.05, 0.1) is 45.0 Å². The Morgan fingerprint density at radius 1 is 0.885 bits per heavy atom. The van der Waals surface area contributed by atoms with Gasteiger partial charge in [-0.15, -0.1) is 10.3 Å². The number of phenols is 1. The number of aliphatic hydroxyl groups excluding tert-OH is 2. The molecule has 0 unspecified atom stereocenters. The molecule has 1 aliphatic carbocycles. The van der Waals surface area contributed by atoms with Crippen LogP contribution in [0.5, 0.6) is 28.7 Å². The second-order valence-electron chi connectivity index (χ2n) is 15.4. The van der Waals surface area contributed by atoms with Crippen molar-refractivity contribution in [3.63, 3.8) is 0 Å². The van der Waals surface area contributed by atoms with Crippen molar-refractivity contribution in [2.45, 2.75) is 94.2 Å². The number of hydroxylamine groups is 2. The molecular formula is C37H44NO14. The molecule has 15 nitrogen and oxygen atoms in total. The van der Waals surface area contributed by atoms with Crippen molar-refractivity contribution < 1.29 is 68.0 Å². The SMILES string of the molecule is COc1cc([C@@H]2c3cc4c(cc3[C@@H](O[C@@H]3O[C@@H]5CO[C@@H](C6=CC(C)(C)N([O])C(C)(C)C6)O[C@H]5[C@H](O)[C@H]3O)[C@H]3COC(=O)[C@H]23)OCO4)cc(OC)c1O. The number of hydrogen-bond acceptors (Lipinski definition) is 14. The van der Waals surface area contributed by atoms with E-state index in [1.165, 1.54) is 14.2 Å². The number of carbonyl (C=O) groups is 1. The lowest BCUT2D eigenvalue weighted by atomic mass is 9.66. The van der Waals surface area contributed by atoms with Crippen LogP contribution in [0.15, 0.2) is 35.9 Å². The number of methoxy groups -OCH3 is 2. The summed E-state index contributed by atoms with van der Waals surface area (Å²) in [6.45, 7) is 7.40. The van der Waals surface area contributed by atoms with Gasteiger partial charge in [-0.3, -0.25) is 4.79 Å². The molecule has 52 heavy (non-hydrogen) atoms. The molecule has 3 fully saturated rings. The van der Waals surface area contributed by atoms with Crippen molar-refractivity contribution >= 4 is 5.97 Å². The van der Waals surface area contributed by atoms with Gasteiger partial charge in [0.25, 0.3) is 0 Å². The number of cyclic esters (lactones) is 1. The Labute approximate surface area is 300 Å². The first-order chi connectivity index (χ1) is 24.7. The average molecular weight is 727 g/mol. The summed E-state index contributed by atoms with van der Waals surface area (Å²) in [4.78, 5) is 13.6. The molecule has 15 heteroatoms. The van der Waals surface area contributed by atoms with E-state index in [2.05, 4.69) is 0 Å². The Balaban J connectivity index is 1.10. The van der Waals surface area contributed by atoms with Gasteiger partial charge in [0.1, 0.15) is 24.4 Å². The first-order valence-electron chi connectivity index (χ1n) is 17.4. The van der Waals surface area contributed by atoms with Gasteiger partial charge in [-0.1, -0.05) is 6.08 Å². The van der Waals surface area contributed by atoms with Gasteiger partial charge >= 0.3 is 5.97 Å². The zero-order chi connectivity index (χ0) is 36.9. The Kier molecular flexibility index (Phi) is 8.66. The molecule has 0 spiro atoms. The summed E-state index contributed by atoms with van der Waals surface area (Å²) in [6, 6.07) is 6.90. The molecule has 8 rings (SSSR count). The monoisotopic (exact) mass is 726 g/mol. The number of phenolic OH excluding ortho intramolecular Hbond substituents is 1. The van der Waals surface area contributed by atoms with Gasteiger partial charge in [-0.25, -0.2) is 0 Å². The van der Waals surface area contributed by atoms with Crippen LogP contribution < -0.4 is 18.9 Å². The first kappa shape index (κ1) is 35.4. The van der Waals surface area contributed by atoms with E-state index < -0.39 is 77.9 Å². The fourth-order valence-electron chi connectivity index (χ4n) is 8.87. The predicted octanol–water partition coefficient (Wildman–Crippen LogP) is 2.85.